The molecule has 2 aromatic carbocycles. The molecule has 42 heavy (non-hydrogen) atoms. The fraction of sp³-hybridized carbons (Fsp3) is 0.433. The predicted octanol–water partition coefficient (Wildman–Crippen LogP) is 3.58. The number of ether oxygens (including phenoxy) is 1. The summed E-state index contributed by atoms with van der Waals surface area (Å²) >= 11 is 0. The second-order valence-corrected chi connectivity index (χ2v) is 14.1. The van der Waals surface area contributed by atoms with E-state index in [0.29, 0.717) is 53.2 Å². The first-order chi connectivity index (χ1) is 20.1. The Morgan fingerprint density at radius 1 is 1.05 bits per heavy atom. The normalized spacial score (nSPS) is 19.6. The van der Waals surface area contributed by atoms with E-state index in [0.717, 1.165) is 37.6 Å². The van der Waals surface area contributed by atoms with Gasteiger partial charge >= 0.3 is 0 Å². The molecule has 2 aliphatic rings. The minimum Gasteiger partial charge on any atom is -0.494 e. The number of amides is 1. The first kappa shape index (κ1) is 31.1. The van der Waals surface area contributed by atoms with E-state index in [1.165, 1.54) is 0 Å². The van der Waals surface area contributed by atoms with Gasteiger partial charge in [-0.1, -0.05) is 6.08 Å². The van der Waals surface area contributed by atoms with Gasteiger partial charge in [-0.05, 0) is 63.7 Å². The molecule has 0 atom stereocenters. The highest BCUT2D eigenvalue weighted by molar-refractivity contribution is 7.70. The number of anilines is 3. The maximum absolute atomic E-state index is 12.7. The lowest BCUT2D eigenvalue weighted by atomic mass is 10.1. The van der Waals surface area contributed by atoms with Crippen molar-refractivity contribution in [3.05, 3.63) is 54.2 Å². The molecular formula is C30H43N8O3P. The summed E-state index contributed by atoms with van der Waals surface area (Å²) in [4.78, 5) is 27.0. The highest BCUT2D eigenvalue weighted by Gasteiger charge is 2.21. The minimum atomic E-state index is -2.56. The topological polar surface area (TPSA) is 123 Å². The van der Waals surface area contributed by atoms with E-state index in [9.17, 15) is 9.36 Å². The number of piperazine rings is 1. The molecule has 1 amide bonds. The lowest BCUT2D eigenvalue weighted by Crippen LogP contribution is -2.48. The van der Waals surface area contributed by atoms with E-state index in [1.807, 2.05) is 24.4 Å². The molecule has 11 nitrogen and oxygen atoms in total. The highest BCUT2D eigenvalue weighted by Crippen LogP contribution is 2.36. The summed E-state index contributed by atoms with van der Waals surface area (Å²) in [5, 5.41) is 13.1. The Hall–Kier alpha value is -3.82. The van der Waals surface area contributed by atoms with Crippen LogP contribution in [0.25, 0.3) is 0 Å². The zero-order chi connectivity index (χ0) is 30.3. The molecule has 1 saturated heterocycles. The van der Waals surface area contributed by atoms with Gasteiger partial charge in [0.15, 0.2) is 0 Å². The molecule has 226 valence electrons. The van der Waals surface area contributed by atoms with Crippen molar-refractivity contribution in [3.8, 4) is 5.75 Å². The molecule has 4 N–H and O–H groups in total. The standard InChI is InChI=1S/C30H43N8O3P/c1-21(2)37-14-16-38(17-15-37)22-9-11-26(27(18-22)41-4)35-30-33-20-32-13-7-8-28(36-30)34-25-12-10-23(42(5,6)40)19-24(25)29(39)31-3/h7,9-13,18-19,21,32H,8,14-17,20H2,1-6H3,(H,31,39)(H2,33,34,35,36)/b13-7-. The Morgan fingerprint density at radius 3 is 2.45 bits per heavy atom. The SMILES string of the molecule is CNC(=O)c1cc(P(C)(C)=O)ccc1N/C1=N/C(Nc2ccc(N3CCN(C(C)C)CC3)cc2OC)=N\CN/C=C\C1. The summed E-state index contributed by atoms with van der Waals surface area (Å²) in [6.07, 6.45) is 4.21. The van der Waals surface area contributed by atoms with Crippen LogP contribution in [-0.4, -0.2) is 89.0 Å². The third kappa shape index (κ3) is 7.92. The molecule has 0 aliphatic carbocycles. The summed E-state index contributed by atoms with van der Waals surface area (Å²) in [5.74, 6) is 1.37. The molecule has 2 heterocycles. The van der Waals surface area contributed by atoms with E-state index in [2.05, 4.69) is 56.0 Å². The molecule has 0 unspecified atom stereocenters. The molecule has 1 fully saturated rings. The number of guanidine groups is 1. The monoisotopic (exact) mass is 594 g/mol. The average molecular weight is 595 g/mol. The van der Waals surface area contributed by atoms with Gasteiger partial charge in [-0.2, -0.15) is 4.99 Å². The van der Waals surface area contributed by atoms with Gasteiger partial charge < -0.3 is 35.5 Å². The Kier molecular flexibility index (Phi) is 10.3. The quantitative estimate of drug-likeness (QED) is 0.359. The maximum atomic E-state index is 12.7. The van der Waals surface area contributed by atoms with Crippen LogP contribution < -0.4 is 36.2 Å². The number of benzene rings is 2. The molecule has 0 bridgehead atoms. The lowest BCUT2D eigenvalue weighted by molar-refractivity contribution is 0.0964. The van der Waals surface area contributed by atoms with Crippen LogP contribution >= 0.6 is 7.14 Å². The Morgan fingerprint density at radius 2 is 1.79 bits per heavy atom. The molecule has 0 radical (unpaired) electrons. The van der Waals surface area contributed by atoms with Crippen molar-refractivity contribution < 1.29 is 14.1 Å². The Bertz CT molecular complexity index is 1410. The number of hydrogen-bond donors (Lipinski definition) is 4. The number of methoxy groups -OCH3 is 1. The van der Waals surface area contributed by atoms with Crippen LogP contribution in [0, 0.1) is 0 Å². The van der Waals surface area contributed by atoms with Crippen molar-refractivity contribution in [2.45, 2.75) is 26.3 Å². The minimum absolute atomic E-state index is 0.281. The summed E-state index contributed by atoms with van der Waals surface area (Å²) in [7, 11) is 0.670. The summed E-state index contributed by atoms with van der Waals surface area (Å²) < 4.78 is 18.4. The van der Waals surface area contributed by atoms with Gasteiger partial charge in [0.05, 0.1) is 24.0 Å². The van der Waals surface area contributed by atoms with Gasteiger partial charge in [-0.25, -0.2) is 4.99 Å². The maximum Gasteiger partial charge on any atom is 0.253 e. The summed E-state index contributed by atoms with van der Waals surface area (Å²) in [6.45, 7) is 12.2. The number of carbonyl (C=O) groups is 1. The van der Waals surface area contributed by atoms with Crippen LogP contribution in [0.3, 0.4) is 0 Å². The fourth-order valence-corrected chi connectivity index (χ4v) is 5.71. The molecule has 0 spiro atoms. The molecular weight excluding hydrogens is 551 g/mol. The number of rotatable bonds is 7. The van der Waals surface area contributed by atoms with Crippen molar-refractivity contribution in [1.29, 1.82) is 0 Å². The van der Waals surface area contributed by atoms with E-state index in [1.54, 1.807) is 45.7 Å². The second-order valence-electron chi connectivity index (χ2n) is 10.9. The summed E-state index contributed by atoms with van der Waals surface area (Å²) in [6, 6.07) is 11.9. The summed E-state index contributed by atoms with van der Waals surface area (Å²) in [5.41, 5.74) is 2.81. The Labute approximate surface area is 248 Å². The molecule has 4 rings (SSSR count). The van der Waals surface area contributed by atoms with Crippen molar-refractivity contribution in [2.75, 3.05) is 75.9 Å². The predicted molar refractivity (Wildman–Crippen MR) is 175 cm³/mol. The lowest BCUT2D eigenvalue weighted by Gasteiger charge is -2.38. The van der Waals surface area contributed by atoms with Crippen LogP contribution in [-0.2, 0) is 4.57 Å². The van der Waals surface area contributed by atoms with Crippen LogP contribution in [0.5, 0.6) is 5.75 Å². The van der Waals surface area contributed by atoms with Crippen LogP contribution in [0.15, 0.2) is 58.7 Å². The van der Waals surface area contributed by atoms with Gasteiger partial charge in [0.2, 0.25) is 5.96 Å². The fourth-order valence-electron chi connectivity index (χ4n) is 4.83. The zero-order valence-corrected chi connectivity index (χ0v) is 26.3. The smallest absolute Gasteiger partial charge is 0.253 e. The van der Waals surface area contributed by atoms with Gasteiger partial charge in [0.1, 0.15) is 25.4 Å². The molecule has 2 aliphatic heterocycles. The number of nitrogens with one attached hydrogen (secondary N) is 4. The van der Waals surface area contributed by atoms with Crippen LogP contribution in [0.2, 0.25) is 0 Å². The molecule has 0 saturated carbocycles. The van der Waals surface area contributed by atoms with Crippen molar-refractivity contribution >= 4 is 47.2 Å². The molecule has 12 heteroatoms. The van der Waals surface area contributed by atoms with E-state index >= 15 is 0 Å². The van der Waals surface area contributed by atoms with Crippen LogP contribution in [0.1, 0.15) is 30.6 Å². The molecule has 2 aromatic rings. The van der Waals surface area contributed by atoms with E-state index < -0.39 is 7.14 Å². The number of hydrogen-bond acceptors (Lipinski definition) is 10. The second kappa shape index (κ2) is 13.9. The van der Waals surface area contributed by atoms with Gasteiger partial charge in [0.25, 0.3) is 5.91 Å². The largest absolute Gasteiger partial charge is 0.494 e. The van der Waals surface area contributed by atoms with Crippen molar-refractivity contribution in [1.82, 2.24) is 15.5 Å². The van der Waals surface area contributed by atoms with Gasteiger partial charge in [-0.3, -0.25) is 9.69 Å². The van der Waals surface area contributed by atoms with Crippen LogP contribution in [0.4, 0.5) is 17.1 Å². The third-order valence-electron chi connectivity index (χ3n) is 7.32. The number of nitrogens with zero attached hydrogens (tertiary/aromatic N) is 4. The number of carbonyl (C=O) groups excluding carboxylic acids is 1. The zero-order valence-electron chi connectivity index (χ0n) is 25.4. The van der Waals surface area contributed by atoms with Gasteiger partial charge in [-0.15, -0.1) is 0 Å². The highest BCUT2D eigenvalue weighted by atomic mass is 31.2. The number of aliphatic imine (C=N–C) groups is 2. The van der Waals surface area contributed by atoms with E-state index in [4.69, 9.17) is 9.73 Å². The van der Waals surface area contributed by atoms with Crippen molar-refractivity contribution in [3.63, 3.8) is 0 Å². The first-order valence-electron chi connectivity index (χ1n) is 14.2. The number of amidine groups is 1. The van der Waals surface area contributed by atoms with E-state index in [-0.39, 0.29) is 5.91 Å². The van der Waals surface area contributed by atoms with Gasteiger partial charge in [0, 0.05) is 62.7 Å². The third-order valence-corrected chi connectivity index (χ3v) is 8.85. The Balaban J connectivity index is 1.58. The van der Waals surface area contributed by atoms with Crippen molar-refractivity contribution in [2.24, 2.45) is 9.98 Å². The molecule has 0 aromatic heterocycles. The first-order valence-corrected chi connectivity index (χ1v) is 16.8. The average Bonchev–Trinajstić information content (AvgIpc) is 3.08.